The van der Waals surface area contributed by atoms with Crippen LogP contribution in [0.15, 0.2) is 30.3 Å². The normalized spacial score (nSPS) is 11.9. The van der Waals surface area contributed by atoms with E-state index in [9.17, 15) is 40.9 Å². The average Bonchev–Trinajstić information content (AvgIpc) is 2.59. The Morgan fingerprint density at radius 3 is 2.34 bits per heavy atom. The van der Waals surface area contributed by atoms with Gasteiger partial charge in [0, 0.05) is 11.6 Å². The fourth-order valence-electron chi connectivity index (χ4n) is 2.31. The van der Waals surface area contributed by atoms with Gasteiger partial charge in [-0.1, -0.05) is 11.6 Å². The second kappa shape index (κ2) is 7.95. The van der Waals surface area contributed by atoms with Crippen LogP contribution in [0, 0.1) is 15.9 Å². The van der Waals surface area contributed by atoms with Gasteiger partial charge < -0.3 is 0 Å². The summed E-state index contributed by atoms with van der Waals surface area (Å²) in [5, 5.41) is 10.5. The second-order valence-corrected chi connectivity index (χ2v) is 8.05. The minimum absolute atomic E-state index is 0.184. The molecule has 0 aliphatic carbocycles. The van der Waals surface area contributed by atoms with Crippen molar-refractivity contribution >= 4 is 33.2 Å². The number of alkyl halides is 3. The molecule has 0 spiro atoms. The maximum absolute atomic E-state index is 14.3. The van der Waals surface area contributed by atoms with E-state index in [1.807, 2.05) is 0 Å². The van der Waals surface area contributed by atoms with Gasteiger partial charge >= 0.3 is 6.18 Å². The Kier molecular flexibility index (Phi) is 6.18. The van der Waals surface area contributed by atoms with Crippen molar-refractivity contribution < 1.29 is 35.7 Å². The number of carbonyl (C=O) groups excluding carboxylic acids is 1. The molecule has 0 atom stereocenters. The summed E-state index contributed by atoms with van der Waals surface area (Å²) in [6.07, 6.45) is -4.86. The number of amides is 1. The standard InChI is InChI=1S/C16H11ClF4N2O5S/c1-2-29(27,28)22-15(24)10-5-8(3-4-13(10)23(25)26)14-11(17)6-9(7-12(14)18)16(19,20)21/h3-7H,2H2,1H3,(H,22,24). The molecule has 0 aromatic heterocycles. The monoisotopic (exact) mass is 454 g/mol. The Morgan fingerprint density at radius 1 is 1.24 bits per heavy atom. The topological polar surface area (TPSA) is 106 Å². The summed E-state index contributed by atoms with van der Waals surface area (Å²) in [5.41, 5.74) is -3.67. The molecule has 1 N–H and O–H groups in total. The van der Waals surface area contributed by atoms with Crippen LogP contribution in [-0.2, 0) is 16.2 Å². The van der Waals surface area contributed by atoms with Crippen molar-refractivity contribution in [3.63, 3.8) is 0 Å². The summed E-state index contributed by atoms with van der Waals surface area (Å²) >= 11 is 5.77. The molecule has 0 bridgehead atoms. The predicted octanol–water partition coefficient (Wildman–Crippen LogP) is 4.15. The Hall–Kier alpha value is -2.73. The highest BCUT2D eigenvalue weighted by molar-refractivity contribution is 7.90. The maximum atomic E-state index is 14.3. The molecule has 0 saturated heterocycles. The Morgan fingerprint density at radius 2 is 1.86 bits per heavy atom. The van der Waals surface area contributed by atoms with Crippen molar-refractivity contribution in [1.82, 2.24) is 4.72 Å². The molecule has 0 fully saturated rings. The van der Waals surface area contributed by atoms with Gasteiger partial charge in [-0.15, -0.1) is 0 Å². The first-order valence-electron chi connectivity index (χ1n) is 7.66. The Bertz CT molecular complexity index is 1080. The van der Waals surface area contributed by atoms with Crippen molar-refractivity contribution in [1.29, 1.82) is 0 Å². The van der Waals surface area contributed by atoms with Crippen LogP contribution in [-0.4, -0.2) is 25.0 Å². The van der Waals surface area contributed by atoms with Crippen LogP contribution >= 0.6 is 11.6 Å². The first-order chi connectivity index (χ1) is 13.3. The Balaban J connectivity index is 2.65. The lowest BCUT2D eigenvalue weighted by Crippen LogP contribution is -2.32. The molecule has 2 rings (SSSR count). The van der Waals surface area contributed by atoms with E-state index in [-0.39, 0.29) is 11.6 Å². The van der Waals surface area contributed by atoms with Crippen LogP contribution in [0.3, 0.4) is 0 Å². The van der Waals surface area contributed by atoms with E-state index < -0.39 is 66.0 Å². The van der Waals surface area contributed by atoms with Gasteiger partial charge in [0.15, 0.2) is 0 Å². The zero-order chi connectivity index (χ0) is 22.1. The highest BCUT2D eigenvalue weighted by Gasteiger charge is 2.33. The van der Waals surface area contributed by atoms with E-state index in [1.165, 1.54) is 6.92 Å². The van der Waals surface area contributed by atoms with Crippen LogP contribution in [0.25, 0.3) is 11.1 Å². The molecule has 0 aliphatic rings. The fraction of sp³-hybridized carbons (Fsp3) is 0.188. The lowest BCUT2D eigenvalue weighted by atomic mass is 9.99. The number of nitrogens with one attached hydrogen (secondary N) is 1. The van der Waals surface area contributed by atoms with Gasteiger partial charge in [0.05, 0.1) is 21.3 Å². The lowest BCUT2D eigenvalue weighted by molar-refractivity contribution is -0.385. The van der Waals surface area contributed by atoms with E-state index in [0.29, 0.717) is 6.07 Å². The number of nitro benzene ring substituents is 1. The molecule has 7 nitrogen and oxygen atoms in total. The minimum atomic E-state index is -4.86. The van der Waals surface area contributed by atoms with Gasteiger partial charge in [0.1, 0.15) is 11.4 Å². The van der Waals surface area contributed by atoms with E-state index in [0.717, 1.165) is 18.2 Å². The zero-order valence-corrected chi connectivity index (χ0v) is 16.0. The minimum Gasteiger partial charge on any atom is -0.268 e. The molecule has 29 heavy (non-hydrogen) atoms. The second-order valence-electron chi connectivity index (χ2n) is 5.64. The summed E-state index contributed by atoms with van der Waals surface area (Å²) < 4.78 is 77.4. The zero-order valence-electron chi connectivity index (χ0n) is 14.4. The third-order valence-corrected chi connectivity index (χ3v) is 5.28. The summed E-state index contributed by atoms with van der Waals surface area (Å²) in [6, 6.07) is 3.18. The number of nitro groups is 1. The highest BCUT2D eigenvalue weighted by atomic mass is 35.5. The van der Waals surface area contributed by atoms with Crippen LogP contribution in [0.5, 0.6) is 0 Å². The van der Waals surface area contributed by atoms with Crippen LogP contribution in [0.4, 0.5) is 23.2 Å². The average molecular weight is 455 g/mol. The van der Waals surface area contributed by atoms with Gasteiger partial charge in [-0.05, 0) is 36.8 Å². The number of benzene rings is 2. The first kappa shape index (κ1) is 22.6. The third-order valence-electron chi connectivity index (χ3n) is 3.72. The molecule has 0 unspecified atom stereocenters. The van der Waals surface area contributed by atoms with Crippen molar-refractivity contribution in [2.75, 3.05) is 5.75 Å². The number of hydrogen-bond acceptors (Lipinski definition) is 5. The fourth-order valence-corrected chi connectivity index (χ4v) is 3.17. The number of nitrogens with zero attached hydrogens (tertiary/aromatic N) is 1. The molecule has 2 aromatic carbocycles. The summed E-state index contributed by atoms with van der Waals surface area (Å²) in [7, 11) is -4.07. The van der Waals surface area contributed by atoms with E-state index in [2.05, 4.69) is 0 Å². The molecule has 2 aromatic rings. The molecule has 0 heterocycles. The van der Waals surface area contributed by atoms with Crippen LogP contribution in [0.2, 0.25) is 5.02 Å². The van der Waals surface area contributed by atoms with Gasteiger partial charge in [-0.2, -0.15) is 13.2 Å². The number of hydrogen-bond donors (Lipinski definition) is 1. The summed E-state index contributed by atoms with van der Waals surface area (Å²) in [5.74, 6) is -3.24. The number of sulfonamides is 1. The summed E-state index contributed by atoms with van der Waals surface area (Å²) in [6.45, 7) is 1.22. The quantitative estimate of drug-likeness (QED) is 0.415. The van der Waals surface area contributed by atoms with Crippen LogP contribution in [0.1, 0.15) is 22.8 Å². The third kappa shape index (κ3) is 5.01. The lowest BCUT2D eigenvalue weighted by Gasteiger charge is -2.13. The SMILES string of the molecule is CCS(=O)(=O)NC(=O)c1cc(-c2c(F)cc(C(F)(F)F)cc2Cl)ccc1[N+](=O)[O-]. The molecule has 13 heteroatoms. The smallest absolute Gasteiger partial charge is 0.268 e. The molecule has 1 amide bonds. The molecular weight excluding hydrogens is 444 g/mol. The Labute approximate surface area is 166 Å². The first-order valence-corrected chi connectivity index (χ1v) is 9.69. The van der Waals surface area contributed by atoms with Crippen molar-refractivity contribution in [3.8, 4) is 11.1 Å². The molecular formula is C16H11ClF4N2O5S. The number of carbonyl (C=O) groups is 1. The van der Waals surface area contributed by atoms with Crippen molar-refractivity contribution in [2.45, 2.75) is 13.1 Å². The van der Waals surface area contributed by atoms with Gasteiger partial charge in [0.2, 0.25) is 10.0 Å². The van der Waals surface area contributed by atoms with Gasteiger partial charge in [-0.25, -0.2) is 17.5 Å². The van der Waals surface area contributed by atoms with E-state index >= 15 is 0 Å². The van der Waals surface area contributed by atoms with Gasteiger partial charge in [-0.3, -0.25) is 14.9 Å². The highest BCUT2D eigenvalue weighted by Crippen LogP contribution is 2.38. The number of rotatable bonds is 5. The van der Waals surface area contributed by atoms with Gasteiger partial charge in [0.25, 0.3) is 11.6 Å². The molecule has 0 saturated carbocycles. The van der Waals surface area contributed by atoms with E-state index in [1.54, 1.807) is 4.72 Å². The predicted molar refractivity (Wildman–Crippen MR) is 95.4 cm³/mol. The van der Waals surface area contributed by atoms with Crippen molar-refractivity contribution in [3.05, 3.63) is 62.4 Å². The largest absolute Gasteiger partial charge is 0.416 e. The molecule has 0 radical (unpaired) electrons. The number of halogens is 5. The van der Waals surface area contributed by atoms with Crippen LogP contribution < -0.4 is 4.72 Å². The maximum Gasteiger partial charge on any atom is 0.416 e. The summed E-state index contributed by atoms with van der Waals surface area (Å²) in [4.78, 5) is 22.4. The van der Waals surface area contributed by atoms with E-state index in [4.69, 9.17) is 11.6 Å². The van der Waals surface area contributed by atoms with Crippen molar-refractivity contribution in [2.24, 2.45) is 0 Å². The molecule has 0 aliphatic heterocycles. The molecule has 156 valence electrons.